The summed E-state index contributed by atoms with van der Waals surface area (Å²) in [5, 5.41) is 1.24. The van der Waals surface area contributed by atoms with Crippen LogP contribution in [0, 0.1) is 0 Å². The molecule has 1 aromatic rings. The second kappa shape index (κ2) is 6.14. The van der Waals surface area contributed by atoms with Crippen molar-refractivity contribution in [1.82, 2.24) is 0 Å². The summed E-state index contributed by atoms with van der Waals surface area (Å²) in [6.07, 6.45) is 3.79. The van der Waals surface area contributed by atoms with E-state index in [-0.39, 0.29) is 0 Å². The summed E-state index contributed by atoms with van der Waals surface area (Å²) in [5.41, 5.74) is 1.07. The van der Waals surface area contributed by atoms with Crippen LogP contribution in [0.1, 0.15) is 32.3 Å². The number of aryl methyl sites for hydroxylation is 1. The minimum atomic E-state index is 0.391. The third-order valence-corrected chi connectivity index (χ3v) is 3.66. The molecule has 1 aliphatic heterocycles. The van der Waals surface area contributed by atoms with Crippen molar-refractivity contribution in [1.29, 1.82) is 0 Å². The van der Waals surface area contributed by atoms with Gasteiger partial charge in [0.25, 0.3) is 0 Å². The number of hydrogen-bond donors (Lipinski definition) is 0. The van der Waals surface area contributed by atoms with Gasteiger partial charge in [0.1, 0.15) is 5.75 Å². The molecule has 1 saturated heterocycles. The molecule has 100 valence electrons. The van der Waals surface area contributed by atoms with Gasteiger partial charge < -0.3 is 9.47 Å². The monoisotopic (exact) mass is 288 g/mol. The summed E-state index contributed by atoms with van der Waals surface area (Å²) in [4.78, 5) is 0. The van der Waals surface area contributed by atoms with Crippen molar-refractivity contribution in [2.75, 3.05) is 6.61 Å². The molecule has 1 aliphatic rings. The fraction of sp³-hybridized carbons (Fsp3) is 0.571. The molecule has 1 heterocycles. The van der Waals surface area contributed by atoms with E-state index in [9.17, 15) is 0 Å². The van der Waals surface area contributed by atoms with E-state index in [1.165, 1.54) is 0 Å². The SMILES string of the molecule is CCOc1c(Cl)cc(Cl)cc1CCC1OC1CC. The zero-order valence-corrected chi connectivity index (χ0v) is 12.2. The van der Waals surface area contributed by atoms with Crippen LogP contribution in [0.15, 0.2) is 12.1 Å². The van der Waals surface area contributed by atoms with Gasteiger partial charge in [0.2, 0.25) is 0 Å². The van der Waals surface area contributed by atoms with Crippen LogP contribution in [0.5, 0.6) is 5.75 Å². The molecule has 2 atom stereocenters. The van der Waals surface area contributed by atoms with Gasteiger partial charge in [0.15, 0.2) is 0 Å². The highest BCUT2D eigenvalue weighted by atomic mass is 35.5. The second-order valence-electron chi connectivity index (χ2n) is 4.47. The van der Waals surface area contributed by atoms with Crippen molar-refractivity contribution in [2.45, 2.75) is 45.3 Å². The maximum Gasteiger partial charge on any atom is 0.141 e. The first-order chi connectivity index (χ1) is 8.65. The quantitative estimate of drug-likeness (QED) is 0.719. The van der Waals surface area contributed by atoms with Crippen LogP contribution < -0.4 is 4.74 Å². The average Bonchev–Trinajstić information content (AvgIpc) is 3.09. The molecule has 0 amide bonds. The van der Waals surface area contributed by atoms with Gasteiger partial charge in [0, 0.05) is 5.02 Å². The predicted octanol–water partition coefficient (Wildman–Crippen LogP) is 4.50. The molecule has 2 rings (SSSR count). The molecule has 0 spiro atoms. The third-order valence-electron chi connectivity index (χ3n) is 3.16. The summed E-state index contributed by atoms with van der Waals surface area (Å²) < 4.78 is 11.1. The van der Waals surface area contributed by atoms with Gasteiger partial charge in [-0.15, -0.1) is 0 Å². The Morgan fingerprint density at radius 1 is 1.22 bits per heavy atom. The lowest BCUT2D eigenvalue weighted by Gasteiger charge is -2.12. The number of hydrogen-bond acceptors (Lipinski definition) is 2. The number of epoxide rings is 1. The number of rotatable bonds is 6. The van der Waals surface area contributed by atoms with Gasteiger partial charge in [-0.1, -0.05) is 30.1 Å². The van der Waals surface area contributed by atoms with Crippen molar-refractivity contribution in [3.8, 4) is 5.75 Å². The Morgan fingerprint density at radius 2 is 2.00 bits per heavy atom. The van der Waals surface area contributed by atoms with Crippen molar-refractivity contribution in [2.24, 2.45) is 0 Å². The van der Waals surface area contributed by atoms with Crippen LogP contribution in [0.25, 0.3) is 0 Å². The standard InChI is InChI=1S/C14H18Cl2O2/c1-3-12-13(18-12)6-5-9-7-10(15)8-11(16)14(9)17-4-2/h7-8,12-13H,3-6H2,1-2H3. The Kier molecular flexibility index (Phi) is 4.77. The van der Waals surface area contributed by atoms with Crippen molar-refractivity contribution >= 4 is 23.2 Å². The van der Waals surface area contributed by atoms with Gasteiger partial charge in [-0.05, 0) is 43.9 Å². The Labute approximate surface area is 118 Å². The lowest BCUT2D eigenvalue weighted by molar-refractivity contribution is 0.334. The van der Waals surface area contributed by atoms with E-state index in [0.717, 1.165) is 30.6 Å². The Morgan fingerprint density at radius 3 is 2.61 bits per heavy atom. The zero-order chi connectivity index (χ0) is 13.1. The molecule has 0 aromatic heterocycles. The van der Waals surface area contributed by atoms with Gasteiger partial charge >= 0.3 is 0 Å². The first kappa shape index (κ1) is 14.0. The Balaban J connectivity index is 2.05. The van der Waals surface area contributed by atoms with E-state index in [4.69, 9.17) is 32.7 Å². The molecule has 1 fully saturated rings. The highest BCUT2D eigenvalue weighted by Crippen LogP contribution is 2.35. The fourth-order valence-electron chi connectivity index (χ4n) is 2.20. The molecular formula is C14H18Cl2O2. The van der Waals surface area contributed by atoms with E-state index in [1.54, 1.807) is 6.07 Å². The molecule has 0 aliphatic carbocycles. The predicted molar refractivity (Wildman–Crippen MR) is 74.9 cm³/mol. The molecule has 0 bridgehead atoms. The first-order valence-corrected chi connectivity index (χ1v) is 7.17. The molecule has 0 N–H and O–H groups in total. The first-order valence-electron chi connectivity index (χ1n) is 6.41. The maximum atomic E-state index is 6.16. The average molecular weight is 289 g/mol. The molecule has 0 saturated carbocycles. The molecule has 4 heteroatoms. The van der Waals surface area contributed by atoms with E-state index in [1.807, 2.05) is 13.0 Å². The van der Waals surface area contributed by atoms with E-state index >= 15 is 0 Å². The summed E-state index contributed by atoms with van der Waals surface area (Å²) in [6.45, 7) is 4.70. The van der Waals surface area contributed by atoms with E-state index in [0.29, 0.717) is 28.9 Å². The van der Waals surface area contributed by atoms with Crippen molar-refractivity contribution < 1.29 is 9.47 Å². The van der Waals surface area contributed by atoms with Crippen LogP contribution in [0.4, 0.5) is 0 Å². The van der Waals surface area contributed by atoms with E-state index < -0.39 is 0 Å². The lowest BCUT2D eigenvalue weighted by Crippen LogP contribution is -2.01. The number of halogens is 2. The summed E-state index contributed by atoms with van der Waals surface area (Å²) in [7, 11) is 0. The minimum Gasteiger partial charge on any atom is -0.492 e. The fourth-order valence-corrected chi connectivity index (χ4v) is 2.79. The van der Waals surface area contributed by atoms with Gasteiger partial charge in [0.05, 0.1) is 23.8 Å². The summed E-state index contributed by atoms with van der Waals surface area (Å²) in [6, 6.07) is 3.65. The highest BCUT2D eigenvalue weighted by Gasteiger charge is 2.36. The van der Waals surface area contributed by atoms with Crippen molar-refractivity contribution in [3.63, 3.8) is 0 Å². The summed E-state index contributed by atoms with van der Waals surface area (Å²) in [5.74, 6) is 0.761. The molecule has 18 heavy (non-hydrogen) atoms. The normalized spacial score (nSPS) is 22.0. The van der Waals surface area contributed by atoms with E-state index in [2.05, 4.69) is 6.92 Å². The van der Waals surface area contributed by atoms with Gasteiger partial charge in [-0.3, -0.25) is 0 Å². The smallest absolute Gasteiger partial charge is 0.141 e. The number of benzene rings is 1. The maximum absolute atomic E-state index is 6.16. The largest absolute Gasteiger partial charge is 0.492 e. The Hall–Kier alpha value is -0.440. The van der Waals surface area contributed by atoms with Crippen LogP contribution in [-0.2, 0) is 11.2 Å². The van der Waals surface area contributed by atoms with Gasteiger partial charge in [-0.2, -0.15) is 0 Å². The molecule has 0 radical (unpaired) electrons. The third kappa shape index (κ3) is 3.31. The molecule has 2 nitrogen and oxygen atoms in total. The topological polar surface area (TPSA) is 21.8 Å². The molecular weight excluding hydrogens is 271 g/mol. The summed E-state index contributed by atoms with van der Waals surface area (Å²) >= 11 is 12.2. The van der Waals surface area contributed by atoms with Crippen LogP contribution in [0.3, 0.4) is 0 Å². The molecule has 1 aromatic carbocycles. The Bertz CT molecular complexity index is 421. The molecule has 2 unspecified atom stereocenters. The highest BCUT2D eigenvalue weighted by molar-refractivity contribution is 6.35. The van der Waals surface area contributed by atoms with Crippen LogP contribution in [-0.4, -0.2) is 18.8 Å². The minimum absolute atomic E-state index is 0.391. The lowest BCUT2D eigenvalue weighted by atomic mass is 10.1. The van der Waals surface area contributed by atoms with Crippen LogP contribution in [0.2, 0.25) is 10.0 Å². The second-order valence-corrected chi connectivity index (χ2v) is 5.31. The van der Waals surface area contributed by atoms with Crippen LogP contribution >= 0.6 is 23.2 Å². The zero-order valence-electron chi connectivity index (χ0n) is 10.7. The number of ether oxygens (including phenoxy) is 2. The van der Waals surface area contributed by atoms with Crippen molar-refractivity contribution in [3.05, 3.63) is 27.7 Å². The van der Waals surface area contributed by atoms with Gasteiger partial charge in [-0.25, -0.2) is 0 Å².